The largest absolute Gasteiger partial charge is 0.497 e. The molecular formula is C17H19N3O4. The molecule has 1 saturated carbocycles. The van der Waals surface area contributed by atoms with Crippen molar-refractivity contribution in [2.45, 2.75) is 31.7 Å². The highest BCUT2D eigenvalue weighted by molar-refractivity contribution is 6.07. The van der Waals surface area contributed by atoms with Gasteiger partial charge in [0, 0.05) is 6.20 Å². The molecule has 0 bridgehead atoms. The van der Waals surface area contributed by atoms with Crippen LogP contribution in [-0.4, -0.2) is 33.9 Å². The molecule has 7 heteroatoms. The van der Waals surface area contributed by atoms with Gasteiger partial charge >= 0.3 is 5.97 Å². The third-order valence-corrected chi connectivity index (χ3v) is 4.28. The average molecular weight is 329 g/mol. The molecule has 0 aliphatic heterocycles. The summed E-state index contributed by atoms with van der Waals surface area (Å²) < 4.78 is 6.78. The third kappa shape index (κ3) is 3.10. The van der Waals surface area contributed by atoms with Gasteiger partial charge in [0.05, 0.1) is 24.4 Å². The van der Waals surface area contributed by atoms with Gasteiger partial charge in [0.1, 0.15) is 11.4 Å². The molecule has 0 unspecified atom stereocenters. The molecule has 7 nitrogen and oxygen atoms in total. The fourth-order valence-corrected chi connectivity index (χ4v) is 3.06. The number of anilines is 1. The van der Waals surface area contributed by atoms with Gasteiger partial charge in [0.15, 0.2) is 0 Å². The van der Waals surface area contributed by atoms with E-state index >= 15 is 0 Å². The monoisotopic (exact) mass is 329 g/mol. The number of carbonyl (C=O) groups excluding carboxylic acids is 1. The number of carboxylic acid groups (broad SMARTS) is 1. The maximum atomic E-state index is 12.6. The van der Waals surface area contributed by atoms with Crippen molar-refractivity contribution < 1.29 is 19.4 Å². The number of aromatic nitrogens is 2. The van der Waals surface area contributed by atoms with Crippen LogP contribution in [0.1, 0.15) is 52.6 Å². The molecular weight excluding hydrogens is 310 g/mol. The second kappa shape index (κ2) is 6.74. The molecule has 1 heterocycles. The maximum Gasteiger partial charge on any atom is 0.337 e. The summed E-state index contributed by atoms with van der Waals surface area (Å²) in [7, 11) is 1.46. The van der Waals surface area contributed by atoms with Crippen LogP contribution in [0.25, 0.3) is 0 Å². The normalized spacial score (nSPS) is 14.5. The van der Waals surface area contributed by atoms with Crippen molar-refractivity contribution in [1.82, 2.24) is 9.78 Å². The number of nitrogens with zero attached hydrogens (tertiary/aromatic N) is 2. The summed E-state index contributed by atoms with van der Waals surface area (Å²) in [5.74, 6) is -1.08. The molecule has 24 heavy (non-hydrogen) atoms. The SMILES string of the molecule is COc1ccc(NC(=O)c2ccnn2C2CCCC2)c(C(=O)O)c1. The second-order valence-electron chi connectivity index (χ2n) is 5.77. The van der Waals surface area contributed by atoms with E-state index in [0.29, 0.717) is 11.4 Å². The van der Waals surface area contributed by atoms with E-state index in [9.17, 15) is 14.7 Å². The topological polar surface area (TPSA) is 93.5 Å². The lowest BCUT2D eigenvalue weighted by atomic mass is 10.1. The molecule has 1 fully saturated rings. The third-order valence-electron chi connectivity index (χ3n) is 4.28. The molecule has 0 spiro atoms. The van der Waals surface area contributed by atoms with E-state index in [1.807, 2.05) is 0 Å². The number of ether oxygens (including phenoxy) is 1. The number of hydrogen-bond donors (Lipinski definition) is 2. The lowest BCUT2D eigenvalue weighted by Crippen LogP contribution is -2.21. The molecule has 3 rings (SSSR count). The smallest absolute Gasteiger partial charge is 0.337 e. The summed E-state index contributed by atoms with van der Waals surface area (Å²) in [4.78, 5) is 24.0. The molecule has 1 aliphatic rings. The lowest BCUT2D eigenvalue weighted by Gasteiger charge is -2.15. The summed E-state index contributed by atoms with van der Waals surface area (Å²) >= 11 is 0. The van der Waals surface area contributed by atoms with Gasteiger partial charge in [-0.05, 0) is 37.1 Å². The number of aromatic carboxylic acids is 1. The number of hydrogen-bond acceptors (Lipinski definition) is 4. The quantitative estimate of drug-likeness (QED) is 0.879. The van der Waals surface area contributed by atoms with Gasteiger partial charge in [-0.15, -0.1) is 0 Å². The molecule has 0 saturated heterocycles. The van der Waals surface area contributed by atoms with Crippen LogP contribution in [0.4, 0.5) is 5.69 Å². The van der Waals surface area contributed by atoms with Gasteiger partial charge in [0.2, 0.25) is 0 Å². The minimum absolute atomic E-state index is 0.0189. The van der Waals surface area contributed by atoms with E-state index in [-0.39, 0.29) is 23.2 Å². The van der Waals surface area contributed by atoms with Crippen molar-refractivity contribution in [3.63, 3.8) is 0 Å². The van der Waals surface area contributed by atoms with Gasteiger partial charge in [-0.25, -0.2) is 4.79 Å². The number of nitrogens with one attached hydrogen (secondary N) is 1. The van der Waals surface area contributed by atoms with Crippen LogP contribution in [0.15, 0.2) is 30.5 Å². The Kier molecular flexibility index (Phi) is 4.50. The van der Waals surface area contributed by atoms with Crippen molar-refractivity contribution >= 4 is 17.6 Å². The average Bonchev–Trinajstić information content (AvgIpc) is 3.25. The number of amides is 1. The zero-order valence-electron chi connectivity index (χ0n) is 13.4. The molecule has 126 valence electrons. The predicted octanol–water partition coefficient (Wildman–Crippen LogP) is 2.96. The molecule has 1 aliphatic carbocycles. The Morgan fingerprint density at radius 3 is 2.71 bits per heavy atom. The minimum atomic E-state index is -1.13. The molecule has 0 radical (unpaired) electrons. The van der Waals surface area contributed by atoms with E-state index in [2.05, 4.69) is 10.4 Å². The van der Waals surface area contributed by atoms with E-state index in [1.54, 1.807) is 23.0 Å². The highest BCUT2D eigenvalue weighted by Crippen LogP contribution is 2.30. The fourth-order valence-electron chi connectivity index (χ4n) is 3.06. The van der Waals surface area contributed by atoms with Crippen LogP contribution < -0.4 is 10.1 Å². The van der Waals surface area contributed by atoms with Crippen molar-refractivity contribution in [2.24, 2.45) is 0 Å². The Morgan fingerprint density at radius 1 is 1.29 bits per heavy atom. The summed E-state index contributed by atoms with van der Waals surface area (Å²) in [6.07, 6.45) is 5.87. The Balaban J connectivity index is 1.85. The first kappa shape index (κ1) is 16.0. The van der Waals surface area contributed by atoms with Crippen molar-refractivity contribution in [3.8, 4) is 5.75 Å². The number of carboxylic acids is 1. The number of benzene rings is 1. The zero-order chi connectivity index (χ0) is 17.1. The Labute approximate surface area is 139 Å². The molecule has 1 aromatic heterocycles. The van der Waals surface area contributed by atoms with Crippen LogP contribution in [0.5, 0.6) is 5.75 Å². The first-order valence-electron chi connectivity index (χ1n) is 7.86. The number of rotatable bonds is 5. The van der Waals surface area contributed by atoms with Crippen LogP contribution >= 0.6 is 0 Å². The summed E-state index contributed by atoms with van der Waals surface area (Å²) in [6, 6.07) is 6.40. The van der Waals surface area contributed by atoms with Crippen LogP contribution in [0.3, 0.4) is 0 Å². The second-order valence-corrected chi connectivity index (χ2v) is 5.77. The van der Waals surface area contributed by atoms with Gasteiger partial charge in [0.25, 0.3) is 5.91 Å². The molecule has 2 aromatic rings. The number of carbonyl (C=O) groups is 2. The van der Waals surface area contributed by atoms with Gasteiger partial charge < -0.3 is 15.2 Å². The highest BCUT2D eigenvalue weighted by Gasteiger charge is 2.23. The van der Waals surface area contributed by atoms with Gasteiger partial charge in [-0.2, -0.15) is 5.10 Å². The van der Waals surface area contributed by atoms with E-state index in [0.717, 1.165) is 25.7 Å². The Morgan fingerprint density at radius 2 is 2.04 bits per heavy atom. The summed E-state index contributed by atoms with van der Waals surface area (Å²) in [5, 5.41) is 16.3. The van der Waals surface area contributed by atoms with E-state index in [1.165, 1.54) is 19.2 Å². The minimum Gasteiger partial charge on any atom is -0.497 e. The molecule has 2 N–H and O–H groups in total. The standard InChI is InChI=1S/C17H19N3O4/c1-24-12-6-7-14(13(10-12)17(22)23)19-16(21)15-8-9-18-20(15)11-4-2-3-5-11/h6-11H,2-5H2,1H3,(H,19,21)(H,22,23). The molecule has 0 atom stereocenters. The van der Waals surface area contributed by atoms with E-state index < -0.39 is 5.97 Å². The molecule has 1 aromatic carbocycles. The molecule has 1 amide bonds. The Bertz CT molecular complexity index is 763. The van der Waals surface area contributed by atoms with Gasteiger partial charge in [-0.1, -0.05) is 12.8 Å². The fraction of sp³-hybridized carbons (Fsp3) is 0.353. The van der Waals surface area contributed by atoms with Gasteiger partial charge in [-0.3, -0.25) is 9.48 Å². The van der Waals surface area contributed by atoms with E-state index in [4.69, 9.17) is 4.74 Å². The first-order chi connectivity index (χ1) is 11.6. The van der Waals surface area contributed by atoms with Crippen LogP contribution in [0, 0.1) is 0 Å². The predicted molar refractivity (Wildman–Crippen MR) is 87.6 cm³/mol. The zero-order valence-corrected chi connectivity index (χ0v) is 13.4. The lowest BCUT2D eigenvalue weighted by molar-refractivity contribution is 0.0697. The van der Waals surface area contributed by atoms with Crippen molar-refractivity contribution in [3.05, 3.63) is 41.7 Å². The summed E-state index contributed by atoms with van der Waals surface area (Å²) in [6.45, 7) is 0. The van der Waals surface area contributed by atoms with Crippen molar-refractivity contribution in [1.29, 1.82) is 0 Å². The summed E-state index contributed by atoms with van der Waals surface area (Å²) in [5.41, 5.74) is 0.649. The van der Waals surface area contributed by atoms with Crippen LogP contribution in [-0.2, 0) is 0 Å². The first-order valence-corrected chi connectivity index (χ1v) is 7.86. The number of methoxy groups -OCH3 is 1. The maximum absolute atomic E-state index is 12.6. The van der Waals surface area contributed by atoms with Crippen molar-refractivity contribution in [2.75, 3.05) is 12.4 Å². The highest BCUT2D eigenvalue weighted by atomic mass is 16.5. The Hall–Kier alpha value is -2.83. The van der Waals surface area contributed by atoms with Crippen LogP contribution in [0.2, 0.25) is 0 Å².